The number of rotatable bonds is 9. The van der Waals surface area contributed by atoms with Crippen molar-refractivity contribution < 1.29 is 17.9 Å². The fourth-order valence-corrected chi connectivity index (χ4v) is 6.43. The van der Waals surface area contributed by atoms with Crippen LogP contribution in [-0.4, -0.2) is 52.0 Å². The van der Waals surface area contributed by atoms with Crippen LogP contribution in [0.5, 0.6) is 11.5 Å². The van der Waals surface area contributed by atoms with Gasteiger partial charge in [-0.1, -0.05) is 18.7 Å². The van der Waals surface area contributed by atoms with Crippen molar-refractivity contribution in [1.82, 2.24) is 29.2 Å². The maximum atomic E-state index is 12.1. The van der Waals surface area contributed by atoms with E-state index in [1.807, 2.05) is 22.1 Å². The monoisotopic (exact) mass is 519 g/mol. The number of imidazole rings is 1. The zero-order valence-corrected chi connectivity index (χ0v) is 20.5. The second kappa shape index (κ2) is 9.37. The summed E-state index contributed by atoms with van der Waals surface area (Å²) in [7, 11) is -3.35. The molecule has 0 unspecified atom stereocenters. The lowest BCUT2D eigenvalue weighted by molar-refractivity contribution is 0.174. The second-order valence-corrected chi connectivity index (χ2v) is 11.1. The number of aromatic nitrogens is 5. The van der Waals surface area contributed by atoms with Gasteiger partial charge >= 0.3 is 0 Å². The Morgan fingerprint density at radius 1 is 1.24 bits per heavy atom. The lowest BCUT2D eigenvalue weighted by Crippen LogP contribution is -2.26. The van der Waals surface area contributed by atoms with E-state index in [4.69, 9.17) is 20.2 Å². The summed E-state index contributed by atoms with van der Waals surface area (Å²) in [5, 5.41) is 3.35. The topological polar surface area (TPSA) is 147 Å². The Balaban J connectivity index is 1.53. The van der Waals surface area contributed by atoms with Gasteiger partial charge in [0.15, 0.2) is 33.6 Å². The zero-order chi connectivity index (χ0) is 23.7. The molecule has 1 aliphatic heterocycles. The summed E-state index contributed by atoms with van der Waals surface area (Å²) in [6.45, 7) is 2.65. The van der Waals surface area contributed by atoms with Gasteiger partial charge in [-0.05, 0) is 18.6 Å². The minimum atomic E-state index is -3.35. The van der Waals surface area contributed by atoms with Gasteiger partial charge in [0, 0.05) is 35.1 Å². The van der Waals surface area contributed by atoms with Gasteiger partial charge in [0.1, 0.15) is 11.3 Å². The third kappa shape index (κ3) is 4.53. The highest BCUT2D eigenvalue weighted by Gasteiger charge is 2.23. The minimum Gasteiger partial charge on any atom is -0.454 e. The molecular formula is C20H21N7O4S3. The maximum absolute atomic E-state index is 12.1. The molecule has 11 nitrogen and oxygen atoms in total. The Hall–Kier alpha value is -2.94. The molecule has 1 aromatic carbocycles. The largest absolute Gasteiger partial charge is 0.454 e. The maximum Gasteiger partial charge on any atom is 0.231 e. The van der Waals surface area contributed by atoms with Gasteiger partial charge < -0.3 is 19.8 Å². The van der Waals surface area contributed by atoms with Gasteiger partial charge in [-0.3, -0.25) is 0 Å². The van der Waals surface area contributed by atoms with Crippen LogP contribution in [-0.2, 0) is 16.6 Å². The van der Waals surface area contributed by atoms with Crippen LogP contribution < -0.4 is 19.9 Å². The van der Waals surface area contributed by atoms with E-state index in [9.17, 15) is 8.42 Å². The first-order valence-corrected chi connectivity index (χ1v) is 13.8. The van der Waals surface area contributed by atoms with E-state index < -0.39 is 10.0 Å². The lowest BCUT2D eigenvalue weighted by atomic mass is 10.2. The fourth-order valence-electron chi connectivity index (χ4n) is 3.55. The van der Waals surface area contributed by atoms with Gasteiger partial charge in [0.25, 0.3) is 0 Å². The molecular weight excluding hydrogens is 498 g/mol. The molecule has 34 heavy (non-hydrogen) atoms. The number of nitrogens with one attached hydrogen (secondary N) is 1. The average Bonchev–Trinajstić information content (AvgIpc) is 3.54. The summed E-state index contributed by atoms with van der Waals surface area (Å²) >= 11 is 2.92. The first kappa shape index (κ1) is 22.8. The molecule has 0 radical (unpaired) electrons. The smallest absolute Gasteiger partial charge is 0.231 e. The number of ether oxygens (including phenoxy) is 2. The zero-order valence-electron chi connectivity index (χ0n) is 18.1. The highest BCUT2D eigenvalue weighted by molar-refractivity contribution is 7.99. The van der Waals surface area contributed by atoms with Crippen molar-refractivity contribution in [3.63, 3.8) is 0 Å². The highest BCUT2D eigenvalue weighted by atomic mass is 32.2. The molecule has 0 fully saturated rings. The Kier molecular flexibility index (Phi) is 6.29. The van der Waals surface area contributed by atoms with E-state index in [2.05, 4.69) is 19.7 Å². The van der Waals surface area contributed by atoms with Crippen LogP contribution in [0.25, 0.3) is 21.7 Å². The van der Waals surface area contributed by atoms with Gasteiger partial charge in [-0.25, -0.2) is 33.1 Å². The predicted molar refractivity (Wildman–Crippen MR) is 130 cm³/mol. The molecule has 0 saturated heterocycles. The summed E-state index contributed by atoms with van der Waals surface area (Å²) in [4.78, 5) is 18.4. The van der Waals surface area contributed by atoms with Gasteiger partial charge in [-0.15, -0.1) is 11.3 Å². The molecule has 0 amide bonds. The summed E-state index contributed by atoms with van der Waals surface area (Å²) in [5.74, 6) is 1.55. The molecule has 3 aromatic heterocycles. The van der Waals surface area contributed by atoms with Crippen molar-refractivity contribution in [3.05, 3.63) is 30.0 Å². The number of nitrogen functional groups attached to an aromatic ring is 1. The van der Waals surface area contributed by atoms with Crippen LogP contribution >= 0.6 is 23.1 Å². The molecule has 0 aliphatic carbocycles. The van der Waals surface area contributed by atoms with E-state index in [-0.39, 0.29) is 18.4 Å². The molecule has 0 saturated carbocycles. The van der Waals surface area contributed by atoms with Crippen LogP contribution in [0.1, 0.15) is 13.3 Å². The Morgan fingerprint density at radius 2 is 2.06 bits per heavy atom. The van der Waals surface area contributed by atoms with Crippen LogP contribution in [0.2, 0.25) is 0 Å². The molecule has 4 heterocycles. The Morgan fingerprint density at radius 3 is 2.82 bits per heavy atom. The van der Waals surface area contributed by atoms with Crippen LogP contribution in [0.3, 0.4) is 0 Å². The normalized spacial score (nSPS) is 13.1. The number of nitrogens with two attached hydrogens (primary N) is 1. The molecule has 0 spiro atoms. The molecule has 4 aromatic rings. The Bertz CT molecular complexity index is 1440. The number of hydrogen-bond donors (Lipinski definition) is 2. The summed E-state index contributed by atoms with van der Waals surface area (Å²) in [6, 6.07) is 3.81. The van der Waals surface area contributed by atoms with E-state index in [0.29, 0.717) is 47.3 Å². The molecule has 14 heteroatoms. The first-order chi connectivity index (χ1) is 16.4. The molecule has 1 aliphatic rings. The summed E-state index contributed by atoms with van der Waals surface area (Å²) in [5.41, 5.74) is 7.97. The van der Waals surface area contributed by atoms with Crippen LogP contribution in [0.15, 0.2) is 40.1 Å². The number of nitrogens with zero attached hydrogens (tertiary/aromatic N) is 5. The van der Waals surface area contributed by atoms with Gasteiger partial charge in [0.2, 0.25) is 16.8 Å². The quantitative estimate of drug-likeness (QED) is 0.338. The van der Waals surface area contributed by atoms with E-state index in [0.717, 1.165) is 15.5 Å². The standard InChI is InChI=1S/C20H21N7O4S3/c1-2-25-34(28,29)7-3-5-27-18-16(17(21)23-10-24-18)26-20(27)33-15-9-14-13(30-11-31-14)8-12(15)19-22-4-6-32-19/h4,6,8-10,25H,2-3,5,7,11H2,1H3,(H2,21,23,24). The molecule has 178 valence electrons. The number of fused-ring (bicyclic) bond motifs is 2. The van der Waals surface area contributed by atoms with E-state index >= 15 is 0 Å². The lowest BCUT2D eigenvalue weighted by Gasteiger charge is -2.11. The number of hydrogen-bond acceptors (Lipinski definition) is 11. The van der Waals surface area contributed by atoms with Crippen molar-refractivity contribution >= 4 is 50.1 Å². The molecule has 0 bridgehead atoms. The number of anilines is 1. The van der Waals surface area contributed by atoms with E-state index in [1.54, 1.807) is 13.1 Å². The number of benzene rings is 1. The molecule has 5 rings (SSSR count). The van der Waals surface area contributed by atoms with Crippen molar-refractivity contribution in [2.45, 2.75) is 29.9 Å². The van der Waals surface area contributed by atoms with Crippen molar-refractivity contribution in [3.8, 4) is 22.1 Å². The fraction of sp³-hybridized carbons (Fsp3) is 0.300. The first-order valence-electron chi connectivity index (χ1n) is 10.4. The summed E-state index contributed by atoms with van der Waals surface area (Å²) < 4.78 is 39.8. The third-order valence-corrected chi connectivity index (χ3v) is 8.44. The van der Waals surface area contributed by atoms with E-state index in [1.165, 1.54) is 29.4 Å². The highest BCUT2D eigenvalue weighted by Crippen LogP contribution is 2.45. The molecule has 0 atom stereocenters. The van der Waals surface area contributed by atoms with Crippen LogP contribution in [0, 0.1) is 0 Å². The predicted octanol–water partition coefficient (Wildman–Crippen LogP) is 2.74. The number of thiazole rings is 1. The van der Waals surface area contributed by atoms with Crippen LogP contribution in [0.4, 0.5) is 5.82 Å². The molecule has 3 N–H and O–H groups in total. The van der Waals surface area contributed by atoms with Crippen molar-refractivity contribution in [1.29, 1.82) is 0 Å². The number of sulfonamides is 1. The summed E-state index contributed by atoms with van der Waals surface area (Å²) in [6.07, 6.45) is 3.50. The number of aryl methyl sites for hydroxylation is 1. The SMILES string of the molecule is CCNS(=O)(=O)CCCn1c(Sc2cc3c(cc2-c2nccs2)OCO3)nc2c(N)ncnc21. The average molecular weight is 520 g/mol. The van der Waals surface area contributed by atoms with Crippen molar-refractivity contribution in [2.75, 3.05) is 24.8 Å². The third-order valence-electron chi connectivity index (χ3n) is 5.02. The second-order valence-electron chi connectivity index (χ2n) is 7.29. The Labute approximate surface area is 203 Å². The van der Waals surface area contributed by atoms with Gasteiger partial charge in [-0.2, -0.15) is 0 Å². The van der Waals surface area contributed by atoms with Gasteiger partial charge in [0.05, 0.1) is 5.75 Å². The van der Waals surface area contributed by atoms with Crippen molar-refractivity contribution in [2.24, 2.45) is 0 Å². The minimum absolute atomic E-state index is 0.0143.